The quantitative estimate of drug-likeness (QED) is 0.772. The summed E-state index contributed by atoms with van der Waals surface area (Å²) in [5, 5.41) is 5.46. The lowest BCUT2D eigenvalue weighted by Gasteiger charge is -2.17. The highest BCUT2D eigenvalue weighted by Crippen LogP contribution is 2.11. The van der Waals surface area contributed by atoms with E-state index in [9.17, 15) is 22.8 Å². The van der Waals surface area contributed by atoms with Gasteiger partial charge >= 0.3 is 6.18 Å². The SMILES string of the molecule is CN(CC(=O)NCC(F)(F)F)C(=O)Cn1cc(N)cn1. The van der Waals surface area contributed by atoms with Gasteiger partial charge in [0.2, 0.25) is 11.8 Å². The molecular weight excluding hydrogens is 279 g/mol. The van der Waals surface area contributed by atoms with Crippen molar-refractivity contribution in [3.63, 3.8) is 0 Å². The summed E-state index contributed by atoms with van der Waals surface area (Å²) in [5.41, 5.74) is 5.79. The molecule has 3 N–H and O–H groups in total. The van der Waals surface area contributed by atoms with E-state index in [0.717, 1.165) is 4.90 Å². The van der Waals surface area contributed by atoms with Crippen molar-refractivity contribution in [1.82, 2.24) is 20.0 Å². The van der Waals surface area contributed by atoms with Gasteiger partial charge in [-0.2, -0.15) is 18.3 Å². The van der Waals surface area contributed by atoms with Gasteiger partial charge in [0, 0.05) is 13.2 Å². The zero-order valence-corrected chi connectivity index (χ0v) is 10.6. The maximum Gasteiger partial charge on any atom is 0.405 e. The van der Waals surface area contributed by atoms with E-state index < -0.39 is 31.1 Å². The molecule has 0 aromatic carbocycles. The minimum absolute atomic E-state index is 0.153. The Hall–Kier alpha value is -2.26. The lowest BCUT2D eigenvalue weighted by Crippen LogP contribution is -2.42. The summed E-state index contributed by atoms with van der Waals surface area (Å²) in [6.07, 6.45) is -1.70. The smallest absolute Gasteiger partial charge is 0.396 e. The van der Waals surface area contributed by atoms with Crippen molar-refractivity contribution in [2.24, 2.45) is 0 Å². The maximum atomic E-state index is 11.9. The highest BCUT2D eigenvalue weighted by Gasteiger charge is 2.28. The van der Waals surface area contributed by atoms with Crippen LogP contribution in [-0.4, -0.2) is 52.8 Å². The number of alkyl halides is 3. The molecular formula is C10H14F3N5O2. The number of rotatable bonds is 5. The summed E-state index contributed by atoms with van der Waals surface area (Å²) < 4.78 is 36.9. The number of carbonyl (C=O) groups excluding carboxylic acids is 2. The molecule has 0 saturated heterocycles. The third-order valence-electron chi connectivity index (χ3n) is 2.24. The molecule has 0 aliphatic heterocycles. The monoisotopic (exact) mass is 293 g/mol. The Labute approximate surface area is 112 Å². The molecule has 0 atom stereocenters. The fraction of sp³-hybridized carbons (Fsp3) is 0.500. The van der Waals surface area contributed by atoms with Gasteiger partial charge in [-0.15, -0.1) is 0 Å². The van der Waals surface area contributed by atoms with Crippen molar-refractivity contribution in [3.8, 4) is 0 Å². The van der Waals surface area contributed by atoms with Crippen LogP contribution in [0.1, 0.15) is 0 Å². The van der Waals surface area contributed by atoms with Crippen molar-refractivity contribution in [3.05, 3.63) is 12.4 Å². The molecule has 1 heterocycles. The van der Waals surface area contributed by atoms with E-state index in [0.29, 0.717) is 5.69 Å². The first-order chi connectivity index (χ1) is 9.17. The molecule has 0 aliphatic carbocycles. The second-order valence-corrected chi connectivity index (χ2v) is 4.11. The number of likely N-dealkylation sites (N-methyl/N-ethyl adjacent to an activating group) is 1. The fourth-order valence-corrected chi connectivity index (χ4v) is 1.28. The molecule has 0 fully saturated rings. The van der Waals surface area contributed by atoms with Crippen molar-refractivity contribution in [2.45, 2.75) is 12.7 Å². The molecule has 10 heteroatoms. The van der Waals surface area contributed by atoms with Crippen LogP contribution in [0, 0.1) is 0 Å². The van der Waals surface area contributed by atoms with Gasteiger partial charge in [-0.25, -0.2) is 0 Å². The fourth-order valence-electron chi connectivity index (χ4n) is 1.28. The zero-order valence-electron chi connectivity index (χ0n) is 10.6. The maximum absolute atomic E-state index is 11.9. The number of nitrogens with two attached hydrogens (primary N) is 1. The largest absolute Gasteiger partial charge is 0.405 e. The van der Waals surface area contributed by atoms with E-state index in [4.69, 9.17) is 5.73 Å². The number of nitrogens with one attached hydrogen (secondary N) is 1. The summed E-state index contributed by atoms with van der Waals surface area (Å²) in [6, 6.07) is 0. The van der Waals surface area contributed by atoms with Crippen LogP contribution in [0.15, 0.2) is 12.4 Å². The van der Waals surface area contributed by atoms with Gasteiger partial charge in [0.15, 0.2) is 0 Å². The third-order valence-corrected chi connectivity index (χ3v) is 2.24. The standard InChI is InChI=1S/C10H14F3N5O2/c1-17(4-8(19)15-6-10(11,12)13)9(20)5-18-3-7(14)2-16-18/h2-3H,4-6,14H2,1H3,(H,15,19). The molecule has 2 amide bonds. The predicted molar refractivity (Wildman–Crippen MR) is 63.3 cm³/mol. The van der Waals surface area contributed by atoms with Crippen LogP contribution in [0.25, 0.3) is 0 Å². The van der Waals surface area contributed by atoms with E-state index in [2.05, 4.69) is 5.10 Å². The number of nitrogen functional groups attached to an aromatic ring is 1. The Kier molecular flexibility index (Phi) is 4.94. The highest BCUT2D eigenvalue weighted by atomic mass is 19.4. The van der Waals surface area contributed by atoms with Gasteiger partial charge in [-0.05, 0) is 0 Å². The zero-order chi connectivity index (χ0) is 15.3. The van der Waals surface area contributed by atoms with Crippen molar-refractivity contribution in [1.29, 1.82) is 0 Å². The number of halogens is 3. The first-order valence-electron chi connectivity index (χ1n) is 5.53. The Bertz CT molecular complexity index is 485. The lowest BCUT2D eigenvalue weighted by molar-refractivity contribution is -0.141. The Balaban J connectivity index is 2.39. The lowest BCUT2D eigenvalue weighted by atomic mass is 10.4. The summed E-state index contributed by atoms with van der Waals surface area (Å²) in [4.78, 5) is 23.9. The average molecular weight is 293 g/mol. The van der Waals surface area contributed by atoms with Crippen LogP contribution in [0.3, 0.4) is 0 Å². The van der Waals surface area contributed by atoms with Crippen LogP contribution < -0.4 is 11.1 Å². The van der Waals surface area contributed by atoms with Crippen LogP contribution >= 0.6 is 0 Å². The van der Waals surface area contributed by atoms with Gasteiger partial charge in [-0.1, -0.05) is 0 Å². The average Bonchev–Trinajstić information content (AvgIpc) is 2.71. The first-order valence-corrected chi connectivity index (χ1v) is 5.53. The first kappa shape index (κ1) is 15.8. The molecule has 0 bridgehead atoms. The Morgan fingerprint density at radius 3 is 2.65 bits per heavy atom. The molecule has 112 valence electrons. The van der Waals surface area contributed by atoms with Gasteiger partial charge in [0.1, 0.15) is 13.1 Å². The van der Waals surface area contributed by atoms with Crippen LogP contribution in [0.2, 0.25) is 0 Å². The molecule has 0 radical (unpaired) electrons. The molecule has 1 aromatic heterocycles. The molecule has 7 nitrogen and oxygen atoms in total. The minimum Gasteiger partial charge on any atom is -0.396 e. The third kappa shape index (κ3) is 5.59. The number of hydrogen-bond acceptors (Lipinski definition) is 4. The summed E-state index contributed by atoms with van der Waals surface area (Å²) >= 11 is 0. The van der Waals surface area contributed by atoms with E-state index in [1.807, 2.05) is 0 Å². The van der Waals surface area contributed by atoms with Gasteiger partial charge in [0.05, 0.1) is 18.4 Å². The second kappa shape index (κ2) is 6.26. The number of hydrogen-bond donors (Lipinski definition) is 2. The summed E-state index contributed by atoms with van der Waals surface area (Å²) in [6.45, 7) is -2.05. The number of aromatic nitrogens is 2. The van der Waals surface area contributed by atoms with Crippen molar-refractivity contribution >= 4 is 17.5 Å². The Morgan fingerprint density at radius 2 is 2.15 bits per heavy atom. The van der Waals surface area contributed by atoms with Gasteiger partial charge < -0.3 is 16.0 Å². The molecule has 0 unspecified atom stereocenters. The van der Waals surface area contributed by atoms with E-state index in [1.165, 1.54) is 24.1 Å². The summed E-state index contributed by atoms with van der Waals surface area (Å²) in [5.74, 6) is -1.37. The second-order valence-electron chi connectivity index (χ2n) is 4.11. The topological polar surface area (TPSA) is 93.2 Å². The van der Waals surface area contributed by atoms with Crippen LogP contribution in [-0.2, 0) is 16.1 Å². The molecule has 1 rings (SSSR count). The van der Waals surface area contributed by atoms with Gasteiger partial charge in [-0.3, -0.25) is 14.3 Å². The molecule has 20 heavy (non-hydrogen) atoms. The summed E-state index contributed by atoms with van der Waals surface area (Å²) in [7, 11) is 1.31. The van der Waals surface area contributed by atoms with Gasteiger partial charge in [0.25, 0.3) is 0 Å². The number of anilines is 1. The normalized spacial score (nSPS) is 11.2. The molecule has 0 spiro atoms. The minimum atomic E-state index is -4.48. The van der Waals surface area contributed by atoms with Crippen LogP contribution in [0.5, 0.6) is 0 Å². The van der Waals surface area contributed by atoms with Crippen LogP contribution in [0.4, 0.5) is 18.9 Å². The molecule has 0 saturated carbocycles. The van der Waals surface area contributed by atoms with E-state index in [-0.39, 0.29) is 6.54 Å². The number of carbonyl (C=O) groups is 2. The molecule has 0 aliphatic rings. The predicted octanol–water partition coefficient (Wildman–Crippen LogP) is -0.398. The molecule has 1 aromatic rings. The van der Waals surface area contributed by atoms with Crippen molar-refractivity contribution < 1.29 is 22.8 Å². The van der Waals surface area contributed by atoms with E-state index in [1.54, 1.807) is 5.32 Å². The Morgan fingerprint density at radius 1 is 1.50 bits per heavy atom. The highest BCUT2D eigenvalue weighted by molar-refractivity contribution is 5.84. The number of amides is 2. The van der Waals surface area contributed by atoms with Crippen molar-refractivity contribution in [2.75, 3.05) is 25.9 Å². The number of nitrogens with zero attached hydrogens (tertiary/aromatic N) is 3. The van der Waals surface area contributed by atoms with E-state index >= 15 is 0 Å².